The molecule has 0 amide bonds. The Hall–Kier alpha value is -2.20. The van der Waals surface area contributed by atoms with Gasteiger partial charge in [0.2, 0.25) is 0 Å². The SMILES string of the molecule is COc1ccc(-c2nnc(SCCC#N)n2C2CCCCC2)cc1OC. The lowest BCUT2D eigenvalue weighted by Crippen LogP contribution is -2.15. The van der Waals surface area contributed by atoms with Crippen molar-refractivity contribution in [1.29, 1.82) is 5.26 Å². The van der Waals surface area contributed by atoms with Gasteiger partial charge in [0.25, 0.3) is 0 Å². The highest BCUT2D eigenvalue weighted by molar-refractivity contribution is 7.99. The van der Waals surface area contributed by atoms with Gasteiger partial charge in [0.05, 0.1) is 20.3 Å². The summed E-state index contributed by atoms with van der Waals surface area (Å²) in [6.45, 7) is 0. The molecular formula is C19H24N4O2S. The minimum Gasteiger partial charge on any atom is -0.493 e. The third-order valence-corrected chi connectivity index (χ3v) is 5.64. The average Bonchev–Trinajstić information content (AvgIpc) is 3.12. The van der Waals surface area contributed by atoms with Crippen LogP contribution in [0, 0.1) is 11.3 Å². The second kappa shape index (κ2) is 8.95. The molecule has 2 aromatic rings. The van der Waals surface area contributed by atoms with E-state index < -0.39 is 0 Å². The van der Waals surface area contributed by atoms with E-state index in [2.05, 4.69) is 20.8 Å². The fourth-order valence-electron chi connectivity index (χ4n) is 3.40. The number of benzene rings is 1. The van der Waals surface area contributed by atoms with Crippen LogP contribution in [-0.2, 0) is 0 Å². The Balaban J connectivity index is 1.99. The van der Waals surface area contributed by atoms with E-state index in [1.807, 2.05) is 18.2 Å². The third kappa shape index (κ3) is 3.96. The number of rotatable bonds is 7. The number of hydrogen-bond donors (Lipinski definition) is 0. The Kier molecular flexibility index (Phi) is 6.40. The van der Waals surface area contributed by atoms with Crippen molar-refractivity contribution in [2.75, 3.05) is 20.0 Å². The van der Waals surface area contributed by atoms with Crippen LogP contribution in [0.3, 0.4) is 0 Å². The largest absolute Gasteiger partial charge is 0.493 e. The van der Waals surface area contributed by atoms with Crippen molar-refractivity contribution < 1.29 is 9.47 Å². The summed E-state index contributed by atoms with van der Waals surface area (Å²) in [5.41, 5.74) is 0.966. The molecule has 0 radical (unpaired) electrons. The first-order chi connectivity index (χ1) is 12.8. The smallest absolute Gasteiger partial charge is 0.191 e. The zero-order valence-electron chi connectivity index (χ0n) is 15.3. The summed E-state index contributed by atoms with van der Waals surface area (Å²) in [7, 11) is 3.27. The number of hydrogen-bond acceptors (Lipinski definition) is 6. The van der Waals surface area contributed by atoms with Crippen molar-refractivity contribution in [2.24, 2.45) is 0 Å². The third-order valence-electron chi connectivity index (χ3n) is 4.69. The Morgan fingerprint density at radius 1 is 1.15 bits per heavy atom. The normalized spacial score (nSPS) is 14.8. The molecule has 0 atom stereocenters. The van der Waals surface area contributed by atoms with Gasteiger partial charge >= 0.3 is 0 Å². The summed E-state index contributed by atoms with van der Waals surface area (Å²) in [5.74, 6) is 2.97. The molecule has 0 N–H and O–H groups in total. The number of nitrogens with zero attached hydrogens (tertiary/aromatic N) is 4. The van der Waals surface area contributed by atoms with E-state index in [-0.39, 0.29) is 0 Å². The van der Waals surface area contributed by atoms with Gasteiger partial charge < -0.3 is 9.47 Å². The molecule has 1 heterocycles. The molecule has 26 heavy (non-hydrogen) atoms. The van der Waals surface area contributed by atoms with Crippen molar-refractivity contribution in [1.82, 2.24) is 14.8 Å². The van der Waals surface area contributed by atoms with Crippen molar-refractivity contribution in [3.05, 3.63) is 18.2 Å². The maximum Gasteiger partial charge on any atom is 0.191 e. The fraction of sp³-hybridized carbons (Fsp3) is 0.526. The summed E-state index contributed by atoms with van der Waals surface area (Å²) in [6, 6.07) is 8.45. The van der Waals surface area contributed by atoms with Gasteiger partial charge in [-0.2, -0.15) is 5.26 Å². The fourth-order valence-corrected chi connectivity index (χ4v) is 4.25. The zero-order valence-corrected chi connectivity index (χ0v) is 16.1. The lowest BCUT2D eigenvalue weighted by molar-refractivity contribution is 0.339. The van der Waals surface area contributed by atoms with Crippen LogP contribution < -0.4 is 9.47 Å². The summed E-state index contributed by atoms with van der Waals surface area (Å²) in [6.07, 6.45) is 6.55. The maximum absolute atomic E-state index is 8.82. The molecule has 1 aromatic carbocycles. The first kappa shape index (κ1) is 18.6. The molecule has 7 heteroatoms. The van der Waals surface area contributed by atoms with Gasteiger partial charge in [-0.15, -0.1) is 10.2 Å². The van der Waals surface area contributed by atoms with Gasteiger partial charge in [-0.3, -0.25) is 4.57 Å². The number of methoxy groups -OCH3 is 2. The van der Waals surface area contributed by atoms with E-state index in [4.69, 9.17) is 14.7 Å². The lowest BCUT2D eigenvalue weighted by atomic mass is 9.95. The van der Waals surface area contributed by atoms with E-state index in [1.165, 1.54) is 19.3 Å². The Bertz CT molecular complexity index is 778. The topological polar surface area (TPSA) is 73.0 Å². The number of aromatic nitrogens is 3. The van der Waals surface area contributed by atoms with Crippen LogP contribution in [0.4, 0.5) is 0 Å². The zero-order chi connectivity index (χ0) is 18.4. The van der Waals surface area contributed by atoms with E-state index in [1.54, 1.807) is 26.0 Å². The molecule has 1 aromatic heterocycles. The maximum atomic E-state index is 8.82. The van der Waals surface area contributed by atoms with Crippen LogP contribution in [0.5, 0.6) is 11.5 Å². The second-order valence-corrected chi connectivity index (χ2v) is 7.36. The molecule has 1 fully saturated rings. The number of thioether (sulfide) groups is 1. The highest BCUT2D eigenvalue weighted by Gasteiger charge is 2.24. The van der Waals surface area contributed by atoms with Crippen LogP contribution in [0.2, 0.25) is 0 Å². The summed E-state index contributed by atoms with van der Waals surface area (Å²) in [4.78, 5) is 0. The summed E-state index contributed by atoms with van der Waals surface area (Å²) >= 11 is 1.61. The van der Waals surface area contributed by atoms with Gasteiger partial charge in [-0.05, 0) is 31.0 Å². The van der Waals surface area contributed by atoms with Crippen LogP contribution >= 0.6 is 11.8 Å². The average molecular weight is 372 g/mol. The number of nitriles is 1. The van der Waals surface area contributed by atoms with Crippen LogP contribution in [0.15, 0.2) is 23.4 Å². The quantitative estimate of drug-likeness (QED) is 0.527. The molecule has 138 valence electrons. The van der Waals surface area contributed by atoms with Crippen molar-refractivity contribution >= 4 is 11.8 Å². The number of ether oxygens (including phenoxy) is 2. The lowest BCUT2D eigenvalue weighted by Gasteiger charge is -2.25. The van der Waals surface area contributed by atoms with Crippen LogP contribution in [-0.4, -0.2) is 34.7 Å². The van der Waals surface area contributed by atoms with E-state index in [0.29, 0.717) is 24.0 Å². The van der Waals surface area contributed by atoms with Gasteiger partial charge in [0.15, 0.2) is 22.5 Å². The van der Waals surface area contributed by atoms with Crippen LogP contribution in [0.1, 0.15) is 44.6 Å². The molecule has 1 saturated carbocycles. The summed E-state index contributed by atoms with van der Waals surface area (Å²) < 4.78 is 13.1. The predicted molar refractivity (Wildman–Crippen MR) is 102 cm³/mol. The van der Waals surface area contributed by atoms with Crippen molar-refractivity contribution in [3.8, 4) is 29.0 Å². The van der Waals surface area contributed by atoms with E-state index in [0.717, 1.165) is 35.1 Å². The first-order valence-corrected chi connectivity index (χ1v) is 9.94. The molecule has 6 nitrogen and oxygen atoms in total. The predicted octanol–water partition coefficient (Wildman–Crippen LogP) is 4.47. The highest BCUT2D eigenvalue weighted by Crippen LogP contribution is 2.38. The Morgan fingerprint density at radius 3 is 2.62 bits per heavy atom. The molecule has 1 aliphatic carbocycles. The Morgan fingerprint density at radius 2 is 1.92 bits per heavy atom. The van der Waals surface area contributed by atoms with E-state index >= 15 is 0 Å². The van der Waals surface area contributed by atoms with Gasteiger partial charge in [0.1, 0.15) is 0 Å². The van der Waals surface area contributed by atoms with Crippen molar-refractivity contribution in [3.63, 3.8) is 0 Å². The Labute approximate surface area is 158 Å². The van der Waals surface area contributed by atoms with Gasteiger partial charge in [-0.25, -0.2) is 0 Å². The standard InChI is InChI=1S/C19H24N4O2S/c1-24-16-10-9-14(13-17(16)25-2)18-21-22-19(26-12-6-11-20)23(18)15-7-4-3-5-8-15/h9-10,13,15H,3-8,12H2,1-2H3. The van der Waals surface area contributed by atoms with Gasteiger partial charge in [0, 0.05) is 23.8 Å². The molecule has 0 spiro atoms. The molecular weight excluding hydrogens is 348 g/mol. The molecule has 3 rings (SSSR count). The van der Waals surface area contributed by atoms with Crippen molar-refractivity contribution in [2.45, 2.75) is 49.7 Å². The minimum atomic E-state index is 0.409. The monoisotopic (exact) mass is 372 g/mol. The summed E-state index contributed by atoms with van der Waals surface area (Å²) in [5, 5.41) is 18.6. The first-order valence-electron chi connectivity index (χ1n) is 8.95. The molecule has 0 aliphatic heterocycles. The minimum absolute atomic E-state index is 0.409. The second-order valence-electron chi connectivity index (χ2n) is 6.29. The van der Waals surface area contributed by atoms with Gasteiger partial charge in [-0.1, -0.05) is 31.0 Å². The highest BCUT2D eigenvalue weighted by atomic mass is 32.2. The molecule has 1 aliphatic rings. The van der Waals surface area contributed by atoms with Crippen LogP contribution in [0.25, 0.3) is 11.4 Å². The molecule has 0 saturated heterocycles. The van der Waals surface area contributed by atoms with E-state index in [9.17, 15) is 0 Å². The molecule has 0 bridgehead atoms. The molecule has 0 unspecified atom stereocenters.